The SMILES string of the molecule is C=CCc1c(OC(C)c2nccn2-c2ccccc2Cl)ccc2c1CCCC2=O. The van der Waals surface area contributed by atoms with E-state index in [9.17, 15) is 4.79 Å². The number of Topliss-reactive ketones (excluding diaryl/α,β-unsaturated/α-hetero) is 1. The van der Waals surface area contributed by atoms with Gasteiger partial charge in [-0.1, -0.05) is 29.8 Å². The van der Waals surface area contributed by atoms with Crippen LogP contribution in [0.1, 0.15) is 53.2 Å². The Hall–Kier alpha value is -2.85. The first-order valence-corrected chi connectivity index (χ1v) is 10.2. The predicted molar refractivity (Wildman–Crippen MR) is 115 cm³/mol. The predicted octanol–water partition coefficient (Wildman–Crippen LogP) is 5.91. The van der Waals surface area contributed by atoms with Crippen LogP contribution >= 0.6 is 11.6 Å². The summed E-state index contributed by atoms with van der Waals surface area (Å²) in [6.45, 7) is 5.86. The maximum atomic E-state index is 12.3. The molecule has 0 aliphatic heterocycles. The van der Waals surface area contributed by atoms with Crippen molar-refractivity contribution in [3.05, 3.63) is 89.0 Å². The van der Waals surface area contributed by atoms with E-state index in [0.717, 1.165) is 46.8 Å². The van der Waals surface area contributed by atoms with Gasteiger partial charge in [-0.05, 0) is 56.0 Å². The number of ether oxygens (including phenoxy) is 1. The van der Waals surface area contributed by atoms with Gasteiger partial charge in [-0.2, -0.15) is 0 Å². The topological polar surface area (TPSA) is 44.1 Å². The second kappa shape index (κ2) is 8.26. The number of ketones is 1. The summed E-state index contributed by atoms with van der Waals surface area (Å²) in [6.07, 6.45) is 8.24. The molecule has 0 saturated carbocycles. The molecule has 0 N–H and O–H groups in total. The highest BCUT2D eigenvalue weighted by Gasteiger charge is 2.24. The molecule has 0 bridgehead atoms. The summed E-state index contributed by atoms with van der Waals surface area (Å²) >= 11 is 6.38. The third-order valence-corrected chi connectivity index (χ3v) is 5.64. The van der Waals surface area contributed by atoms with Gasteiger partial charge in [-0.15, -0.1) is 6.58 Å². The molecule has 4 nitrogen and oxygen atoms in total. The van der Waals surface area contributed by atoms with Crippen molar-refractivity contribution >= 4 is 17.4 Å². The van der Waals surface area contributed by atoms with Gasteiger partial charge in [0.1, 0.15) is 5.75 Å². The number of hydrogen-bond acceptors (Lipinski definition) is 3. The third kappa shape index (κ3) is 3.73. The molecule has 0 saturated heterocycles. The van der Waals surface area contributed by atoms with Crippen LogP contribution in [0.5, 0.6) is 5.75 Å². The van der Waals surface area contributed by atoms with Crippen LogP contribution in [0.3, 0.4) is 0 Å². The number of halogens is 1. The molecule has 29 heavy (non-hydrogen) atoms. The highest BCUT2D eigenvalue weighted by atomic mass is 35.5. The van der Waals surface area contributed by atoms with Crippen molar-refractivity contribution in [3.63, 3.8) is 0 Å². The lowest BCUT2D eigenvalue weighted by Gasteiger charge is -2.23. The number of hydrogen-bond donors (Lipinski definition) is 0. The summed E-state index contributed by atoms with van der Waals surface area (Å²) in [5.74, 6) is 1.75. The van der Waals surface area contributed by atoms with Crippen LogP contribution in [0.2, 0.25) is 5.02 Å². The highest BCUT2D eigenvalue weighted by molar-refractivity contribution is 6.32. The summed E-state index contributed by atoms with van der Waals surface area (Å²) in [5, 5.41) is 0.651. The monoisotopic (exact) mass is 406 g/mol. The third-order valence-electron chi connectivity index (χ3n) is 5.32. The number of rotatable bonds is 6. The molecule has 3 aromatic rings. The van der Waals surface area contributed by atoms with Crippen LogP contribution in [0.15, 0.2) is 61.4 Å². The van der Waals surface area contributed by atoms with Gasteiger partial charge < -0.3 is 4.74 Å². The Morgan fingerprint density at radius 2 is 2.10 bits per heavy atom. The number of allylic oxidation sites excluding steroid dienone is 1. The summed E-state index contributed by atoms with van der Waals surface area (Å²) in [4.78, 5) is 16.8. The van der Waals surface area contributed by atoms with Crippen molar-refractivity contribution in [2.75, 3.05) is 0 Å². The molecular weight excluding hydrogens is 384 g/mol. The number of aromatic nitrogens is 2. The molecule has 1 atom stereocenters. The van der Waals surface area contributed by atoms with Gasteiger partial charge in [0.25, 0.3) is 0 Å². The Kier molecular flexibility index (Phi) is 5.54. The van der Waals surface area contributed by atoms with Crippen LogP contribution < -0.4 is 4.74 Å². The van der Waals surface area contributed by atoms with Gasteiger partial charge in [0.2, 0.25) is 0 Å². The Balaban J connectivity index is 1.69. The van der Waals surface area contributed by atoms with E-state index >= 15 is 0 Å². The molecule has 1 unspecified atom stereocenters. The minimum atomic E-state index is -0.304. The first-order valence-electron chi connectivity index (χ1n) is 9.83. The Morgan fingerprint density at radius 1 is 1.28 bits per heavy atom. The Morgan fingerprint density at radius 3 is 2.90 bits per heavy atom. The standard InChI is InChI=1S/C24H23ClN2O2/c1-3-7-19-17-8-6-11-22(28)18(17)12-13-23(19)29-16(2)24-26-14-15-27(24)21-10-5-4-9-20(21)25/h3-5,9-10,12-16H,1,6-8,11H2,2H3. The van der Waals surface area contributed by atoms with Crippen molar-refractivity contribution in [1.29, 1.82) is 0 Å². The first-order chi connectivity index (χ1) is 14.1. The first kappa shape index (κ1) is 19.5. The van der Waals surface area contributed by atoms with Crippen molar-refractivity contribution in [3.8, 4) is 11.4 Å². The minimum absolute atomic E-state index is 0.213. The summed E-state index contributed by atoms with van der Waals surface area (Å²) in [7, 11) is 0. The smallest absolute Gasteiger partial charge is 0.163 e. The van der Waals surface area contributed by atoms with Crippen LogP contribution in [-0.4, -0.2) is 15.3 Å². The zero-order valence-corrected chi connectivity index (χ0v) is 17.2. The van der Waals surface area contributed by atoms with Crippen molar-refractivity contribution < 1.29 is 9.53 Å². The van der Waals surface area contributed by atoms with Crippen LogP contribution in [0, 0.1) is 0 Å². The summed E-state index contributed by atoms with van der Waals surface area (Å²) < 4.78 is 8.31. The molecule has 0 amide bonds. The maximum absolute atomic E-state index is 12.3. The number of para-hydroxylation sites is 1. The number of carbonyl (C=O) groups is 1. The molecule has 1 aliphatic rings. The van der Waals surface area contributed by atoms with E-state index in [4.69, 9.17) is 16.3 Å². The van der Waals surface area contributed by atoms with Crippen molar-refractivity contribution in [2.45, 2.75) is 38.7 Å². The summed E-state index contributed by atoms with van der Waals surface area (Å²) in [5.41, 5.74) is 3.83. The fourth-order valence-electron chi connectivity index (χ4n) is 3.97. The molecule has 148 valence electrons. The lowest BCUT2D eigenvalue weighted by atomic mass is 9.86. The van der Waals surface area contributed by atoms with E-state index in [1.807, 2.05) is 60.2 Å². The van der Waals surface area contributed by atoms with E-state index in [2.05, 4.69) is 11.6 Å². The minimum Gasteiger partial charge on any atom is -0.482 e. The quantitative estimate of drug-likeness (QED) is 0.478. The molecule has 5 heteroatoms. The number of benzene rings is 2. The molecule has 0 spiro atoms. The molecule has 4 rings (SSSR count). The zero-order valence-electron chi connectivity index (χ0n) is 16.4. The summed E-state index contributed by atoms with van der Waals surface area (Å²) in [6, 6.07) is 11.5. The van der Waals surface area contributed by atoms with E-state index in [1.165, 1.54) is 0 Å². The Bertz CT molecular complexity index is 1070. The molecule has 0 radical (unpaired) electrons. The van der Waals surface area contributed by atoms with E-state index < -0.39 is 0 Å². The molecule has 0 fully saturated rings. The number of nitrogens with zero attached hydrogens (tertiary/aromatic N) is 2. The second-order valence-electron chi connectivity index (χ2n) is 7.20. The average molecular weight is 407 g/mol. The van der Waals surface area contributed by atoms with Crippen LogP contribution in [-0.2, 0) is 12.8 Å². The Labute approximate surface area is 175 Å². The van der Waals surface area contributed by atoms with E-state index in [-0.39, 0.29) is 11.9 Å². The van der Waals surface area contributed by atoms with E-state index in [0.29, 0.717) is 17.9 Å². The highest BCUT2D eigenvalue weighted by Crippen LogP contribution is 2.34. The fraction of sp³-hybridized carbons (Fsp3) is 0.250. The van der Waals surface area contributed by atoms with Gasteiger partial charge >= 0.3 is 0 Å². The molecular formula is C24H23ClN2O2. The van der Waals surface area contributed by atoms with Crippen molar-refractivity contribution in [2.24, 2.45) is 0 Å². The molecule has 2 aromatic carbocycles. The molecule has 1 aromatic heterocycles. The van der Waals surface area contributed by atoms with Gasteiger partial charge in [0.05, 0.1) is 10.7 Å². The maximum Gasteiger partial charge on any atom is 0.163 e. The van der Waals surface area contributed by atoms with Gasteiger partial charge in [0.15, 0.2) is 17.7 Å². The normalized spacial score (nSPS) is 14.3. The molecule has 1 heterocycles. The molecule has 1 aliphatic carbocycles. The largest absolute Gasteiger partial charge is 0.482 e. The van der Waals surface area contributed by atoms with Crippen molar-refractivity contribution in [1.82, 2.24) is 9.55 Å². The van der Waals surface area contributed by atoms with Gasteiger partial charge in [-0.25, -0.2) is 4.98 Å². The van der Waals surface area contributed by atoms with Gasteiger partial charge in [-0.3, -0.25) is 9.36 Å². The second-order valence-corrected chi connectivity index (χ2v) is 7.61. The number of fused-ring (bicyclic) bond motifs is 1. The zero-order chi connectivity index (χ0) is 20.4. The lowest BCUT2D eigenvalue weighted by Crippen LogP contribution is -2.16. The van der Waals surface area contributed by atoms with E-state index in [1.54, 1.807) is 6.20 Å². The lowest BCUT2D eigenvalue weighted by molar-refractivity contribution is 0.0972. The van der Waals surface area contributed by atoms with Gasteiger partial charge in [0, 0.05) is 29.9 Å². The fourth-order valence-corrected chi connectivity index (χ4v) is 4.19. The number of imidazole rings is 1. The average Bonchev–Trinajstić information content (AvgIpc) is 3.20. The van der Waals surface area contributed by atoms with Crippen LogP contribution in [0.4, 0.5) is 0 Å². The van der Waals surface area contributed by atoms with Crippen LogP contribution in [0.25, 0.3) is 5.69 Å². The number of carbonyl (C=O) groups excluding carboxylic acids is 1.